The molecule has 1 aliphatic heterocycles. The van der Waals surface area contributed by atoms with E-state index < -0.39 is 44.5 Å². The van der Waals surface area contributed by atoms with Crippen LogP contribution in [-0.4, -0.2) is 36.0 Å². The van der Waals surface area contributed by atoms with Crippen molar-refractivity contribution >= 4 is 10.0 Å². The summed E-state index contributed by atoms with van der Waals surface area (Å²) in [5.41, 5.74) is 0. The van der Waals surface area contributed by atoms with Crippen LogP contribution in [0.5, 0.6) is 0 Å². The Morgan fingerprint density at radius 3 is 2.15 bits per heavy atom. The quantitative estimate of drug-likeness (QED) is 0.745. The third kappa shape index (κ3) is 3.43. The van der Waals surface area contributed by atoms with E-state index in [0.29, 0.717) is 0 Å². The topological polar surface area (TPSA) is 76.3 Å². The van der Waals surface area contributed by atoms with Gasteiger partial charge < -0.3 is 4.42 Å². The van der Waals surface area contributed by atoms with Crippen molar-refractivity contribution in [3.63, 3.8) is 0 Å². The molecule has 1 aromatic carbocycles. The molecule has 2 heterocycles. The normalized spacial score (nSPS) is 17.6. The molecule has 3 rings (SSSR count). The van der Waals surface area contributed by atoms with Gasteiger partial charge in [0.1, 0.15) is 11.6 Å². The summed E-state index contributed by atoms with van der Waals surface area (Å²) in [4.78, 5) is -1.05. The minimum Gasteiger partial charge on any atom is -0.417 e. The van der Waals surface area contributed by atoms with Gasteiger partial charge in [-0.15, -0.1) is 10.2 Å². The fourth-order valence-electron chi connectivity index (χ4n) is 2.72. The molecule has 1 aromatic heterocycles. The molecular formula is C14H12F5N3O3S. The van der Waals surface area contributed by atoms with E-state index in [1.165, 1.54) is 0 Å². The zero-order valence-corrected chi connectivity index (χ0v) is 13.8. The van der Waals surface area contributed by atoms with Crippen LogP contribution in [-0.2, 0) is 16.2 Å². The summed E-state index contributed by atoms with van der Waals surface area (Å²) in [5, 5.41) is 6.28. The second-order valence-corrected chi connectivity index (χ2v) is 7.55. The first-order valence-electron chi connectivity index (χ1n) is 7.45. The highest BCUT2D eigenvalue weighted by Crippen LogP contribution is 2.34. The van der Waals surface area contributed by atoms with Gasteiger partial charge >= 0.3 is 12.1 Å². The molecule has 1 fully saturated rings. The zero-order chi connectivity index (χ0) is 19.1. The predicted octanol–water partition coefficient (Wildman–Crippen LogP) is 2.93. The Morgan fingerprint density at radius 1 is 1.08 bits per heavy atom. The molecule has 1 aliphatic rings. The number of aromatic nitrogens is 2. The fourth-order valence-corrected chi connectivity index (χ4v) is 4.29. The molecule has 2 aromatic rings. The van der Waals surface area contributed by atoms with Crippen molar-refractivity contribution in [3.8, 4) is 0 Å². The van der Waals surface area contributed by atoms with Crippen molar-refractivity contribution in [2.75, 3.05) is 13.1 Å². The van der Waals surface area contributed by atoms with E-state index in [1.54, 1.807) is 0 Å². The molecule has 6 nitrogen and oxygen atoms in total. The van der Waals surface area contributed by atoms with Crippen molar-refractivity contribution in [2.24, 2.45) is 0 Å². The second kappa shape index (κ2) is 6.58. The summed E-state index contributed by atoms with van der Waals surface area (Å²) < 4.78 is 95.4. The number of hydrogen-bond donors (Lipinski definition) is 0. The van der Waals surface area contributed by atoms with E-state index >= 15 is 0 Å². The highest BCUT2D eigenvalue weighted by Gasteiger charge is 2.40. The Labute approximate surface area is 144 Å². The maximum absolute atomic E-state index is 13.8. The maximum Gasteiger partial charge on any atom is 0.470 e. The standard InChI is InChI=1S/C14H12F5N3O3S/c15-9-2-1-3-10(16)11(9)26(23,24)22-6-4-8(5-7-22)12-20-21-13(25-12)14(17,18)19/h1-3,8H,4-7H2. The van der Waals surface area contributed by atoms with Gasteiger partial charge in [-0.05, 0) is 25.0 Å². The van der Waals surface area contributed by atoms with Gasteiger partial charge in [0.05, 0.1) is 0 Å². The number of sulfonamides is 1. The average molecular weight is 397 g/mol. The fraction of sp³-hybridized carbons (Fsp3) is 0.429. The van der Waals surface area contributed by atoms with E-state index in [1.807, 2.05) is 0 Å². The zero-order valence-electron chi connectivity index (χ0n) is 13.0. The minimum atomic E-state index is -4.77. The van der Waals surface area contributed by atoms with E-state index in [4.69, 9.17) is 0 Å². The van der Waals surface area contributed by atoms with Crippen molar-refractivity contribution in [1.29, 1.82) is 0 Å². The maximum atomic E-state index is 13.8. The molecule has 12 heteroatoms. The predicted molar refractivity (Wildman–Crippen MR) is 76.4 cm³/mol. The summed E-state index contributed by atoms with van der Waals surface area (Å²) in [7, 11) is -4.41. The summed E-state index contributed by atoms with van der Waals surface area (Å²) in [6, 6.07) is 2.71. The van der Waals surface area contributed by atoms with Crippen LogP contribution in [0.2, 0.25) is 0 Å². The molecule has 0 bridgehead atoms. The van der Waals surface area contributed by atoms with Crippen LogP contribution in [0.4, 0.5) is 22.0 Å². The number of benzene rings is 1. The van der Waals surface area contributed by atoms with Crippen molar-refractivity contribution in [2.45, 2.75) is 29.8 Å². The molecule has 0 amide bonds. The first-order valence-corrected chi connectivity index (χ1v) is 8.89. The molecule has 1 saturated heterocycles. The van der Waals surface area contributed by atoms with Crippen molar-refractivity contribution in [3.05, 3.63) is 41.6 Å². The van der Waals surface area contributed by atoms with E-state index in [-0.39, 0.29) is 31.8 Å². The molecule has 142 valence electrons. The molecule has 0 atom stereocenters. The highest BCUT2D eigenvalue weighted by atomic mass is 32.2. The van der Waals surface area contributed by atoms with Crippen LogP contribution in [0.1, 0.15) is 30.5 Å². The van der Waals surface area contributed by atoms with E-state index in [9.17, 15) is 30.4 Å². The van der Waals surface area contributed by atoms with Crippen molar-refractivity contribution < 1.29 is 34.8 Å². The monoisotopic (exact) mass is 397 g/mol. The number of halogens is 5. The van der Waals surface area contributed by atoms with Gasteiger partial charge in [-0.3, -0.25) is 0 Å². The largest absolute Gasteiger partial charge is 0.470 e. The first kappa shape index (κ1) is 18.7. The average Bonchev–Trinajstić information content (AvgIpc) is 3.05. The van der Waals surface area contributed by atoms with Gasteiger partial charge in [-0.2, -0.15) is 17.5 Å². The second-order valence-electron chi connectivity index (χ2n) is 5.67. The van der Waals surface area contributed by atoms with Crippen LogP contribution < -0.4 is 0 Å². The summed E-state index contributed by atoms with van der Waals surface area (Å²) >= 11 is 0. The highest BCUT2D eigenvalue weighted by molar-refractivity contribution is 7.89. The molecule has 0 aliphatic carbocycles. The number of rotatable bonds is 3. The lowest BCUT2D eigenvalue weighted by Gasteiger charge is -2.29. The molecule has 0 radical (unpaired) electrons. The Morgan fingerprint density at radius 2 is 1.65 bits per heavy atom. The SMILES string of the molecule is O=S(=O)(c1c(F)cccc1F)N1CCC(c2nnc(C(F)(F)F)o2)CC1. The Balaban J connectivity index is 1.75. The molecule has 0 spiro atoms. The number of hydrogen-bond acceptors (Lipinski definition) is 5. The summed E-state index contributed by atoms with van der Waals surface area (Å²) in [6.45, 7) is -0.297. The van der Waals surface area contributed by atoms with Gasteiger partial charge in [0, 0.05) is 19.0 Å². The lowest BCUT2D eigenvalue weighted by Crippen LogP contribution is -2.38. The van der Waals surface area contributed by atoms with Crippen LogP contribution in [0.25, 0.3) is 0 Å². The Bertz CT molecular complexity index is 885. The molecule has 0 N–H and O–H groups in total. The van der Waals surface area contributed by atoms with Gasteiger partial charge in [0.2, 0.25) is 15.9 Å². The van der Waals surface area contributed by atoms with Crippen LogP contribution in [0.3, 0.4) is 0 Å². The van der Waals surface area contributed by atoms with Gasteiger partial charge in [0.25, 0.3) is 0 Å². The number of piperidine rings is 1. The lowest BCUT2D eigenvalue weighted by atomic mass is 9.98. The van der Waals surface area contributed by atoms with Crippen LogP contribution >= 0.6 is 0 Å². The molecule has 0 saturated carbocycles. The lowest BCUT2D eigenvalue weighted by molar-refractivity contribution is -0.157. The third-order valence-electron chi connectivity index (χ3n) is 4.00. The van der Waals surface area contributed by atoms with E-state index in [0.717, 1.165) is 22.5 Å². The minimum absolute atomic E-state index is 0.0782. The van der Waals surface area contributed by atoms with Gasteiger partial charge in [-0.25, -0.2) is 17.2 Å². The van der Waals surface area contributed by atoms with Crippen LogP contribution in [0, 0.1) is 11.6 Å². The first-order chi connectivity index (χ1) is 12.1. The number of alkyl halides is 3. The molecule has 26 heavy (non-hydrogen) atoms. The van der Waals surface area contributed by atoms with Gasteiger partial charge in [-0.1, -0.05) is 6.07 Å². The Kier molecular flexibility index (Phi) is 4.73. The van der Waals surface area contributed by atoms with Gasteiger partial charge in [0.15, 0.2) is 4.90 Å². The van der Waals surface area contributed by atoms with Crippen LogP contribution in [0.15, 0.2) is 27.5 Å². The van der Waals surface area contributed by atoms with Crippen molar-refractivity contribution in [1.82, 2.24) is 14.5 Å². The van der Waals surface area contributed by atoms with E-state index in [2.05, 4.69) is 14.6 Å². The molecule has 0 unspecified atom stereocenters. The Hall–Kier alpha value is -2.08. The number of nitrogens with zero attached hydrogens (tertiary/aromatic N) is 3. The molecular weight excluding hydrogens is 385 g/mol. The smallest absolute Gasteiger partial charge is 0.417 e. The third-order valence-corrected chi connectivity index (χ3v) is 5.95. The summed E-state index contributed by atoms with van der Waals surface area (Å²) in [5.74, 6) is -4.71. The summed E-state index contributed by atoms with van der Waals surface area (Å²) in [6.07, 6.45) is -4.61.